The molecule has 0 radical (unpaired) electrons. The van der Waals surface area contributed by atoms with Crippen LogP contribution in [-0.4, -0.2) is 48.1 Å². The van der Waals surface area contributed by atoms with Gasteiger partial charge in [0.1, 0.15) is 0 Å². The number of likely N-dealkylation sites (N-methyl/N-ethyl adjacent to an activating group) is 1. The van der Waals surface area contributed by atoms with Crippen LogP contribution in [0, 0.1) is 13.8 Å². The molecule has 0 saturated carbocycles. The van der Waals surface area contributed by atoms with Crippen molar-refractivity contribution in [2.45, 2.75) is 24.8 Å². The predicted molar refractivity (Wildman–Crippen MR) is 108 cm³/mol. The van der Waals surface area contributed by atoms with Crippen molar-refractivity contribution in [3.63, 3.8) is 0 Å². The van der Waals surface area contributed by atoms with Crippen molar-refractivity contribution in [2.24, 2.45) is 0 Å². The van der Waals surface area contributed by atoms with Crippen molar-refractivity contribution in [3.05, 3.63) is 59.2 Å². The lowest BCUT2D eigenvalue weighted by Gasteiger charge is -2.26. The summed E-state index contributed by atoms with van der Waals surface area (Å²) in [5, 5.41) is 0. The topological polar surface area (TPSA) is 52.7 Å². The van der Waals surface area contributed by atoms with Gasteiger partial charge in [-0.25, -0.2) is 13.1 Å². The van der Waals surface area contributed by atoms with Crippen LogP contribution in [0.25, 0.3) is 0 Å². The third-order valence-corrected chi connectivity index (χ3v) is 6.09. The minimum atomic E-state index is -3.55. The normalized spacial score (nSPS) is 13.0. The van der Waals surface area contributed by atoms with Crippen molar-refractivity contribution in [3.8, 4) is 0 Å². The van der Waals surface area contributed by atoms with E-state index in [1.54, 1.807) is 6.07 Å². The third-order valence-electron chi connectivity index (χ3n) is 4.50. The minimum Gasteiger partial charge on any atom is -0.378 e. The van der Waals surface area contributed by atoms with Gasteiger partial charge in [-0.3, -0.25) is 0 Å². The SMILES string of the molecule is Cc1ccc(S(=O)(=O)NCC(c2ccc(N(C)C)cc2)N(C)C)c(C)c1. The zero-order chi connectivity index (χ0) is 19.5. The van der Waals surface area contributed by atoms with Crippen LogP contribution in [0.4, 0.5) is 5.69 Å². The molecule has 142 valence electrons. The molecule has 0 amide bonds. The molecule has 2 rings (SSSR count). The quantitative estimate of drug-likeness (QED) is 0.808. The number of aryl methyl sites for hydroxylation is 2. The van der Waals surface area contributed by atoms with Gasteiger partial charge in [-0.2, -0.15) is 0 Å². The summed E-state index contributed by atoms with van der Waals surface area (Å²) in [5.74, 6) is 0. The zero-order valence-electron chi connectivity index (χ0n) is 16.4. The van der Waals surface area contributed by atoms with Gasteiger partial charge in [0.15, 0.2) is 0 Å². The summed E-state index contributed by atoms with van der Waals surface area (Å²) in [7, 11) is 4.35. The molecule has 0 aliphatic heterocycles. The van der Waals surface area contributed by atoms with E-state index >= 15 is 0 Å². The number of hydrogen-bond donors (Lipinski definition) is 1. The highest BCUT2D eigenvalue weighted by Gasteiger charge is 2.21. The molecule has 26 heavy (non-hydrogen) atoms. The first-order valence-corrected chi connectivity index (χ1v) is 10.1. The summed E-state index contributed by atoms with van der Waals surface area (Å²) in [5.41, 5.74) is 3.99. The second kappa shape index (κ2) is 8.20. The van der Waals surface area contributed by atoms with Crippen LogP contribution in [0.2, 0.25) is 0 Å². The van der Waals surface area contributed by atoms with Gasteiger partial charge in [0.25, 0.3) is 0 Å². The van der Waals surface area contributed by atoms with Gasteiger partial charge in [0.05, 0.1) is 4.90 Å². The Morgan fingerprint density at radius 2 is 1.58 bits per heavy atom. The van der Waals surface area contributed by atoms with Crippen molar-refractivity contribution in [2.75, 3.05) is 39.6 Å². The second-order valence-corrected chi connectivity index (χ2v) is 8.82. The molecule has 0 fully saturated rings. The maximum atomic E-state index is 12.7. The van der Waals surface area contributed by atoms with Crippen LogP contribution in [0.3, 0.4) is 0 Å². The number of hydrogen-bond acceptors (Lipinski definition) is 4. The van der Waals surface area contributed by atoms with E-state index in [1.807, 2.05) is 88.2 Å². The smallest absolute Gasteiger partial charge is 0.240 e. The molecule has 0 aliphatic rings. The Kier molecular flexibility index (Phi) is 6.44. The van der Waals surface area contributed by atoms with Crippen LogP contribution in [-0.2, 0) is 10.0 Å². The number of nitrogens with zero attached hydrogens (tertiary/aromatic N) is 2. The van der Waals surface area contributed by atoms with Crippen molar-refractivity contribution in [1.82, 2.24) is 9.62 Å². The Labute approximate surface area is 157 Å². The van der Waals surface area contributed by atoms with Crippen LogP contribution in [0.5, 0.6) is 0 Å². The molecule has 0 spiro atoms. The van der Waals surface area contributed by atoms with Gasteiger partial charge >= 0.3 is 0 Å². The van der Waals surface area contributed by atoms with Gasteiger partial charge in [0, 0.05) is 32.4 Å². The summed E-state index contributed by atoms with van der Waals surface area (Å²) in [6.45, 7) is 4.09. The van der Waals surface area contributed by atoms with Crippen LogP contribution in [0.1, 0.15) is 22.7 Å². The fourth-order valence-corrected chi connectivity index (χ4v) is 4.22. The number of anilines is 1. The molecule has 0 saturated heterocycles. The molecule has 2 aromatic carbocycles. The molecule has 1 N–H and O–H groups in total. The van der Waals surface area contributed by atoms with Gasteiger partial charge < -0.3 is 9.80 Å². The molecule has 0 aromatic heterocycles. The van der Waals surface area contributed by atoms with E-state index in [1.165, 1.54) is 0 Å². The number of rotatable bonds is 7. The average Bonchev–Trinajstić information content (AvgIpc) is 2.54. The number of benzene rings is 2. The van der Waals surface area contributed by atoms with Gasteiger partial charge in [-0.05, 0) is 57.3 Å². The highest BCUT2D eigenvalue weighted by molar-refractivity contribution is 7.89. The van der Waals surface area contributed by atoms with E-state index in [9.17, 15) is 8.42 Å². The Morgan fingerprint density at radius 1 is 0.962 bits per heavy atom. The molecular weight excluding hydrogens is 346 g/mol. The first-order valence-electron chi connectivity index (χ1n) is 8.62. The van der Waals surface area contributed by atoms with Gasteiger partial charge in [-0.1, -0.05) is 29.8 Å². The van der Waals surface area contributed by atoms with E-state index in [-0.39, 0.29) is 6.04 Å². The summed E-state index contributed by atoms with van der Waals surface area (Å²) < 4.78 is 28.2. The molecule has 1 unspecified atom stereocenters. The lowest BCUT2D eigenvalue weighted by Crippen LogP contribution is -2.34. The maximum absolute atomic E-state index is 12.7. The molecule has 0 heterocycles. The van der Waals surface area contributed by atoms with Gasteiger partial charge in [-0.15, -0.1) is 0 Å². The third kappa shape index (κ3) is 4.84. The molecule has 1 atom stereocenters. The number of nitrogens with one attached hydrogen (secondary N) is 1. The molecule has 2 aromatic rings. The first-order chi connectivity index (χ1) is 12.1. The largest absolute Gasteiger partial charge is 0.378 e. The zero-order valence-corrected chi connectivity index (χ0v) is 17.3. The van der Waals surface area contributed by atoms with Crippen LogP contribution < -0.4 is 9.62 Å². The van der Waals surface area contributed by atoms with Crippen molar-refractivity contribution < 1.29 is 8.42 Å². The minimum absolute atomic E-state index is 0.0493. The second-order valence-electron chi connectivity index (χ2n) is 7.09. The summed E-state index contributed by atoms with van der Waals surface area (Å²) in [4.78, 5) is 4.40. The van der Waals surface area contributed by atoms with Gasteiger partial charge in [0.2, 0.25) is 10.0 Å². The van der Waals surface area contributed by atoms with E-state index < -0.39 is 10.0 Å². The van der Waals surface area contributed by atoms with Crippen molar-refractivity contribution in [1.29, 1.82) is 0 Å². The molecule has 0 bridgehead atoms. The van der Waals surface area contributed by atoms with E-state index in [4.69, 9.17) is 0 Å². The van der Waals surface area contributed by atoms with Crippen LogP contribution >= 0.6 is 0 Å². The van der Waals surface area contributed by atoms with Crippen molar-refractivity contribution >= 4 is 15.7 Å². The highest BCUT2D eigenvalue weighted by Crippen LogP contribution is 2.22. The molecular formula is C20H29N3O2S. The molecule has 5 nitrogen and oxygen atoms in total. The lowest BCUT2D eigenvalue weighted by molar-refractivity contribution is 0.299. The molecule has 0 aliphatic carbocycles. The maximum Gasteiger partial charge on any atom is 0.240 e. The van der Waals surface area contributed by atoms with E-state index in [0.29, 0.717) is 11.4 Å². The van der Waals surface area contributed by atoms with E-state index in [0.717, 1.165) is 22.4 Å². The van der Waals surface area contributed by atoms with Crippen LogP contribution in [0.15, 0.2) is 47.4 Å². The Morgan fingerprint density at radius 3 is 2.08 bits per heavy atom. The Balaban J connectivity index is 2.20. The monoisotopic (exact) mass is 375 g/mol. The standard InChI is InChI=1S/C20H29N3O2S/c1-15-7-12-20(16(2)13-15)26(24,25)21-14-19(23(5)6)17-8-10-18(11-9-17)22(3)4/h7-13,19,21H,14H2,1-6H3. The predicted octanol–water partition coefficient (Wildman–Crippen LogP) is 2.95. The Bertz CT molecular complexity index is 844. The highest BCUT2D eigenvalue weighted by atomic mass is 32.2. The summed E-state index contributed by atoms with van der Waals surface area (Å²) in [6.07, 6.45) is 0. The fraction of sp³-hybridized carbons (Fsp3) is 0.400. The summed E-state index contributed by atoms with van der Waals surface area (Å²) in [6, 6.07) is 13.5. The van der Waals surface area contributed by atoms with E-state index in [2.05, 4.69) is 4.72 Å². The fourth-order valence-electron chi connectivity index (χ4n) is 2.96. The Hall–Kier alpha value is -1.89. The lowest BCUT2D eigenvalue weighted by atomic mass is 10.1. The summed E-state index contributed by atoms with van der Waals surface area (Å²) >= 11 is 0. The number of sulfonamides is 1. The average molecular weight is 376 g/mol. The molecule has 6 heteroatoms. The first kappa shape index (κ1) is 20.4.